The lowest BCUT2D eigenvalue weighted by Gasteiger charge is -2.32. The summed E-state index contributed by atoms with van der Waals surface area (Å²) in [5.74, 6) is 1.04. The highest BCUT2D eigenvalue weighted by Crippen LogP contribution is 2.29. The van der Waals surface area contributed by atoms with Crippen LogP contribution in [0.1, 0.15) is 36.3 Å². The van der Waals surface area contributed by atoms with Gasteiger partial charge < -0.3 is 19.7 Å². The second-order valence-corrected chi connectivity index (χ2v) is 9.14. The average molecular weight is 515 g/mol. The number of nitrogens with one attached hydrogen (secondary N) is 1. The van der Waals surface area contributed by atoms with Gasteiger partial charge >= 0.3 is 6.03 Å². The fourth-order valence-corrected chi connectivity index (χ4v) is 4.55. The number of methoxy groups -OCH3 is 2. The summed E-state index contributed by atoms with van der Waals surface area (Å²) in [6.45, 7) is 6.64. The lowest BCUT2D eigenvalue weighted by Crippen LogP contribution is -2.42. The third-order valence-electron chi connectivity index (χ3n) is 6.76. The number of urea groups is 1. The van der Waals surface area contributed by atoms with Crippen molar-refractivity contribution < 1.29 is 14.3 Å². The summed E-state index contributed by atoms with van der Waals surface area (Å²) in [7, 11) is 3.15. The summed E-state index contributed by atoms with van der Waals surface area (Å²) in [6, 6.07) is 19.6. The van der Waals surface area contributed by atoms with Crippen LogP contribution in [0.4, 0.5) is 10.5 Å². The maximum atomic E-state index is 13.9. The highest BCUT2D eigenvalue weighted by atomic mass is 16.5. The minimum Gasteiger partial charge on any atom is -0.495 e. The number of rotatable bonds is 9. The van der Waals surface area contributed by atoms with Gasteiger partial charge in [0.15, 0.2) is 0 Å². The van der Waals surface area contributed by atoms with E-state index in [-0.39, 0.29) is 11.6 Å². The summed E-state index contributed by atoms with van der Waals surface area (Å²) >= 11 is 0. The third kappa shape index (κ3) is 5.40. The van der Waals surface area contributed by atoms with Crippen LogP contribution in [0.2, 0.25) is 0 Å². The predicted octanol–water partition coefficient (Wildman–Crippen LogP) is 5.64. The maximum absolute atomic E-state index is 13.9. The number of fused-ring (bicyclic) bond motifs is 1. The lowest BCUT2D eigenvalue weighted by atomic mass is 10.1. The molecule has 0 aliphatic rings. The molecule has 0 saturated carbocycles. The van der Waals surface area contributed by atoms with E-state index in [1.54, 1.807) is 41.9 Å². The molecule has 1 N–H and O–H groups in total. The minimum absolute atomic E-state index is 0.177. The van der Waals surface area contributed by atoms with Crippen molar-refractivity contribution in [3.05, 3.63) is 94.0 Å². The van der Waals surface area contributed by atoms with Gasteiger partial charge in [-0.25, -0.2) is 9.78 Å². The Morgan fingerprint density at radius 2 is 1.76 bits per heavy atom. The van der Waals surface area contributed by atoms with Crippen molar-refractivity contribution in [2.75, 3.05) is 32.7 Å². The Hall–Kier alpha value is -4.17. The molecule has 1 unspecified atom stereocenters. The number of anilines is 1. The molecule has 1 aromatic heterocycles. The van der Waals surface area contributed by atoms with Gasteiger partial charge in [-0.3, -0.25) is 9.36 Å². The Bertz CT molecular complexity index is 1500. The highest BCUT2D eigenvalue weighted by molar-refractivity contribution is 5.91. The van der Waals surface area contributed by atoms with Crippen LogP contribution in [-0.4, -0.2) is 47.9 Å². The molecule has 1 heterocycles. The van der Waals surface area contributed by atoms with Crippen LogP contribution >= 0.6 is 0 Å². The SMILES string of the molecule is CCC(c1nc2ccccc2c(=O)n1-c1ccc(C)c(C)c1)N(CCOC)C(=O)Nc1ccccc1OC. The van der Waals surface area contributed by atoms with Gasteiger partial charge in [0.25, 0.3) is 5.56 Å². The Morgan fingerprint density at radius 3 is 2.47 bits per heavy atom. The summed E-state index contributed by atoms with van der Waals surface area (Å²) in [6.07, 6.45) is 0.526. The lowest BCUT2D eigenvalue weighted by molar-refractivity contribution is 0.131. The quantitative estimate of drug-likeness (QED) is 0.312. The second kappa shape index (κ2) is 11.9. The van der Waals surface area contributed by atoms with Gasteiger partial charge in [0.2, 0.25) is 0 Å². The van der Waals surface area contributed by atoms with Crippen molar-refractivity contribution in [3.8, 4) is 11.4 Å². The van der Waals surface area contributed by atoms with Crippen molar-refractivity contribution >= 4 is 22.6 Å². The van der Waals surface area contributed by atoms with E-state index in [4.69, 9.17) is 14.5 Å². The predicted molar refractivity (Wildman–Crippen MR) is 150 cm³/mol. The van der Waals surface area contributed by atoms with Crippen molar-refractivity contribution in [2.45, 2.75) is 33.2 Å². The zero-order chi connectivity index (χ0) is 27.2. The van der Waals surface area contributed by atoms with Crippen LogP contribution in [0.15, 0.2) is 71.5 Å². The molecule has 4 rings (SSSR count). The monoisotopic (exact) mass is 514 g/mol. The number of benzene rings is 3. The van der Waals surface area contributed by atoms with Crippen LogP contribution in [0.5, 0.6) is 5.75 Å². The summed E-state index contributed by atoms with van der Waals surface area (Å²) in [4.78, 5) is 34.3. The van der Waals surface area contributed by atoms with Crippen LogP contribution < -0.4 is 15.6 Å². The second-order valence-electron chi connectivity index (χ2n) is 9.14. The summed E-state index contributed by atoms with van der Waals surface area (Å²) < 4.78 is 12.4. The summed E-state index contributed by atoms with van der Waals surface area (Å²) in [5.41, 5.74) is 3.86. The van der Waals surface area contributed by atoms with Crippen molar-refractivity contribution in [3.63, 3.8) is 0 Å². The first-order valence-electron chi connectivity index (χ1n) is 12.7. The Kier molecular flexibility index (Phi) is 8.43. The number of amides is 2. The topological polar surface area (TPSA) is 85.7 Å². The number of nitrogens with zero attached hydrogens (tertiary/aromatic N) is 3. The molecular formula is C30H34N4O4. The third-order valence-corrected chi connectivity index (χ3v) is 6.76. The smallest absolute Gasteiger partial charge is 0.322 e. The van der Waals surface area contributed by atoms with E-state index in [0.717, 1.165) is 11.1 Å². The number of hydrogen-bond donors (Lipinski definition) is 1. The summed E-state index contributed by atoms with van der Waals surface area (Å²) in [5, 5.41) is 3.49. The number of aromatic nitrogens is 2. The first kappa shape index (κ1) is 26.9. The van der Waals surface area contributed by atoms with Gasteiger partial charge in [0.1, 0.15) is 11.6 Å². The van der Waals surface area contributed by atoms with Crippen LogP contribution in [-0.2, 0) is 4.74 Å². The largest absolute Gasteiger partial charge is 0.495 e. The number of hydrogen-bond acceptors (Lipinski definition) is 5. The first-order valence-corrected chi connectivity index (χ1v) is 12.7. The van der Waals surface area contributed by atoms with E-state index >= 15 is 0 Å². The van der Waals surface area contributed by atoms with E-state index < -0.39 is 6.04 Å². The zero-order valence-electron chi connectivity index (χ0n) is 22.5. The number of para-hydroxylation sites is 3. The zero-order valence-corrected chi connectivity index (χ0v) is 22.5. The molecular weight excluding hydrogens is 480 g/mol. The molecule has 0 aliphatic heterocycles. The van der Waals surface area contributed by atoms with Crippen LogP contribution in [0.3, 0.4) is 0 Å². The normalized spacial score (nSPS) is 11.8. The Balaban J connectivity index is 1.88. The Morgan fingerprint density at radius 1 is 1.03 bits per heavy atom. The van der Waals surface area contributed by atoms with E-state index in [1.807, 2.05) is 69.3 Å². The van der Waals surface area contributed by atoms with Crippen molar-refractivity contribution in [1.82, 2.24) is 14.5 Å². The van der Waals surface area contributed by atoms with Gasteiger partial charge in [0.05, 0.1) is 42.0 Å². The van der Waals surface area contributed by atoms with Crippen LogP contribution in [0, 0.1) is 13.8 Å². The molecule has 3 aromatic carbocycles. The molecule has 0 bridgehead atoms. The van der Waals surface area contributed by atoms with Gasteiger partial charge in [-0.1, -0.05) is 37.3 Å². The van der Waals surface area contributed by atoms with E-state index in [1.165, 1.54) is 0 Å². The molecule has 2 amide bonds. The van der Waals surface area contributed by atoms with Crippen molar-refractivity contribution in [2.24, 2.45) is 0 Å². The molecule has 198 valence electrons. The molecule has 1 atom stereocenters. The van der Waals surface area contributed by atoms with Gasteiger partial charge in [-0.15, -0.1) is 0 Å². The maximum Gasteiger partial charge on any atom is 0.322 e. The molecule has 0 saturated heterocycles. The number of carbonyl (C=O) groups is 1. The fraction of sp³-hybridized carbons (Fsp3) is 0.300. The number of carbonyl (C=O) groups excluding carboxylic acids is 1. The molecule has 0 radical (unpaired) electrons. The van der Waals surface area contributed by atoms with E-state index in [0.29, 0.717) is 53.4 Å². The molecule has 0 spiro atoms. The van der Waals surface area contributed by atoms with E-state index in [9.17, 15) is 9.59 Å². The molecule has 38 heavy (non-hydrogen) atoms. The van der Waals surface area contributed by atoms with Gasteiger partial charge in [0, 0.05) is 13.7 Å². The standard InChI is InChI=1S/C30H34N4O4/c1-6-26(33(17-18-37-4)30(36)32-25-13-9-10-14-27(25)38-5)28-31-24-12-8-7-11-23(24)29(35)34(28)22-16-15-20(2)21(3)19-22/h7-16,19,26H,6,17-18H2,1-5H3,(H,32,36). The molecule has 8 heteroatoms. The van der Waals surface area contributed by atoms with Gasteiger partial charge in [-0.05, 0) is 67.8 Å². The number of aryl methyl sites for hydroxylation is 2. The van der Waals surface area contributed by atoms with Gasteiger partial charge in [-0.2, -0.15) is 0 Å². The fourth-order valence-electron chi connectivity index (χ4n) is 4.55. The molecule has 4 aromatic rings. The average Bonchev–Trinajstić information content (AvgIpc) is 2.93. The van der Waals surface area contributed by atoms with E-state index in [2.05, 4.69) is 5.32 Å². The Labute approximate surface area is 222 Å². The molecule has 0 aliphatic carbocycles. The van der Waals surface area contributed by atoms with Crippen molar-refractivity contribution in [1.29, 1.82) is 0 Å². The number of ether oxygens (including phenoxy) is 2. The first-order chi connectivity index (χ1) is 18.4. The molecule has 8 nitrogen and oxygen atoms in total. The molecule has 0 fully saturated rings. The van der Waals surface area contributed by atoms with Crippen LogP contribution in [0.25, 0.3) is 16.6 Å². The highest BCUT2D eigenvalue weighted by Gasteiger charge is 2.29. The minimum atomic E-state index is -0.515.